The molecule has 1 aliphatic heterocycles. The first kappa shape index (κ1) is 17.6. The predicted molar refractivity (Wildman–Crippen MR) is 110 cm³/mol. The average molecular weight is 394 g/mol. The Morgan fingerprint density at radius 3 is 2.79 bits per heavy atom. The molecule has 0 saturated carbocycles. The molecule has 2 aliphatic rings. The molecule has 5 nitrogen and oxygen atoms in total. The molecule has 0 bridgehead atoms. The second-order valence-electron chi connectivity index (χ2n) is 7.18. The summed E-state index contributed by atoms with van der Waals surface area (Å²) < 4.78 is 11.5. The highest BCUT2D eigenvalue weighted by Crippen LogP contribution is 2.48. The van der Waals surface area contributed by atoms with Crippen LogP contribution < -0.4 is 0 Å². The van der Waals surface area contributed by atoms with Crippen molar-refractivity contribution in [3.63, 3.8) is 0 Å². The Hall–Kier alpha value is -2.44. The van der Waals surface area contributed by atoms with Crippen molar-refractivity contribution in [1.29, 1.82) is 0 Å². The van der Waals surface area contributed by atoms with Gasteiger partial charge in [0.2, 0.25) is 0 Å². The summed E-state index contributed by atoms with van der Waals surface area (Å²) in [5.74, 6) is 0.827. The number of nitrogens with one attached hydrogen (secondary N) is 1. The van der Waals surface area contributed by atoms with Crippen molar-refractivity contribution in [2.45, 2.75) is 29.6 Å². The molecule has 28 heavy (non-hydrogen) atoms. The van der Waals surface area contributed by atoms with Crippen molar-refractivity contribution in [3.8, 4) is 0 Å². The monoisotopic (exact) mass is 394 g/mol. The number of methoxy groups -OCH3 is 1. The quantitative estimate of drug-likeness (QED) is 0.625. The number of amides is 1. The third-order valence-corrected chi connectivity index (χ3v) is 6.64. The fraction of sp³-hybridized carbons (Fsp3) is 0.318. The van der Waals surface area contributed by atoms with E-state index in [2.05, 4.69) is 29.2 Å². The molecule has 0 unspecified atom stereocenters. The third kappa shape index (κ3) is 2.88. The number of fused-ring (bicyclic) bond motifs is 5. The molecule has 6 heteroatoms. The van der Waals surface area contributed by atoms with Crippen molar-refractivity contribution in [3.05, 3.63) is 65.9 Å². The highest BCUT2D eigenvalue weighted by Gasteiger charge is 2.49. The van der Waals surface area contributed by atoms with Crippen LogP contribution in [0.5, 0.6) is 0 Å². The summed E-state index contributed by atoms with van der Waals surface area (Å²) in [5.41, 5.74) is 3.30. The van der Waals surface area contributed by atoms with Crippen molar-refractivity contribution in [2.24, 2.45) is 0 Å². The number of ether oxygens (including phenoxy) is 2. The van der Waals surface area contributed by atoms with E-state index in [1.54, 1.807) is 18.9 Å². The maximum atomic E-state index is 12.7. The summed E-state index contributed by atoms with van der Waals surface area (Å²) in [5, 5.41) is 1.15. The molecule has 1 aliphatic carbocycles. The summed E-state index contributed by atoms with van der Waals surface area (Å²) in [7, 11) is 1.71. The number of hydrogen-bond acceptors (Lipinski definition) is 4. The van der Waals surface area contributed by atoms with Gasteiger partial charge < -0.3 is 14.5 Å². The summed E-state index contributed by atoms with van der Waals surface area (Å²) in [4.78, 5) is 19.3. The highest BCUT2D eigenvalue weighted by molar-refractivity contribution is 7.99. The van der Waals surface area contributed by atoms with E-state index in [4.69, 9.17) is 9.47 Å². The molecule has 3 atom stereocenters. The molecule has 1 fully saturated rings. The zero-order valence-corrected chi connectivity index (χ0v) is 16.4. The van der Waals surface area contributed by atoms with E-state index in [0.29, 0.717) is 13.0 Å². The Balaban J connectivity index is 1.46. The van der Waals surface area contributed by atoms with Gasteiger partial charge in [-0.25, -0.2) is 4.79 Å². The minimum atomic E-state index is -0.225. The maximum absolute atomic E-state index is 12.7. The minimum Gasteiger partial charge on any atom is -0.443 e. The lowest BCUT2D eigenvalue weighted by molar-refractivity contribution is 0.0284. The van der Waals surface area contributed by atoms with Crippen LogP contribution in [0.1, 0.15) is 29.8 Å². The second kappa shape index (κ2) is 7.18. The number of hydrogen-bond donors (Lipinski definition) is 1. The highest BCUT2D eigenvalue weighted by atomic mass is 32.2. The number of nitrogens with zero attached hydrogens (tertiary/aromatic N) is 1. The Kier molecular flexibility index (Phi) is 4.53. The van der Waals surface area contributed by atoms with Crippen LogP contribution in [0, 0.1) is 0 Å². The number of para-hydroxylation sites is 1. The normalized spacial score (nSPS) is 23.5. The lowest BCUT2D eigenvalue weighted by Gasteiger charge is -2.32. The molecule has 1 aromatic heterocycles. The number of benzene rings is 2. The minimum absolute atomic E-state index is 0.0681. The number of H-pyrrole nitrogens is 1. The Morgan fingerprint density at radius 1 is 1.18 bits per heavy atom. The topological polar surface area (TPSA) is 54.6 Å². The van der Waals surface area contributed by atoms with Gasteiger partial charge >= 0.3 is 6.09 Å². The van der Waals surface area contributed by atoms with Crippen molar-refractivity contribution < 1.29 is 14.3 Å². The molecule has 1 N–H and O–H groups in total. The van der Waals surface area contributed by atoms with E-state index in [1.165, 1.54) is 4.90 Å². The first-order valence-corrected chi connectivity index (χ1v) is 10.5. The van der Waals surface area contributed by atoms with Crippen molar-refractivity contribution >= 4 is 28.8 Å². The molecule has 0 spiro atoms. The van der Waals surface area contributed by atoms with E-state index in [-0.39, 0.29) is 24.3 Å². The summed E-state index contributed by atoms with van der Waals surface area (Å²) >= 11 is 1.76. The van der Waals surface area contributed by atoms with E-state index in [1.807, 2.05) is 35.2 Å². The smallest absolute Gasteiger partial charge is 0.410 e. The van der Waals surface area contributed by atoms with Gasteiger partial charge in [-0.1, -0.05) is 36.4 Å². The third-order valence-electron chi connectivity index (χ3n) is 5.64. The predicted octanol–water partition coefficient (Wildman–Crippen LogP) is 4.91. The Bertz CT molecular complexity index is 1000. The molecule has 0 radical (unpaired) electrons. The second-order valence-corrected chi connectivity index (χ2v) is 8.35. The number of thioether (sulfide) groups is 1. The van der Waals surface area contributed by atoms with Crippen LogP contribution in [0.15, 0.2) is 59.5 Å². The summed E-state index contributed by atoms with van der Waals surface area (Å²) in [6, 6.07) is 18.4. The summed E-state index contributed by atoms with van der Waals surface area (Å²) in [6.07, 6.45) is 0.187. The zero-order chi connectivity index (χ0) is 19.1. The molecule has 1 amide bonds. The van der Waals surface area contributed by atoms with Gasteiger partial charge in [-0.15, -0.1) is 11.8 Å². The lowest BCUT2D eigenvalue weighted by Crippen LogP contribution is -2.35. The number of carbonyl (C=O) groups excluding carboxylic acids is 1. The molecule has 2 aromatic carbocycles. The largest absolute Gasteiger partial charge is 0.443 e. The van der Waals surface area contributed by atoms with Gasteiger partial charge in [0, 0.05) is 47.2 Å². The number of carbonyl (C=O) groups is 1. The van der Waals surface area contributed by atoms with Gasteiger partial charge in [0.25, 0.3) is 0 Å². The molecular formula is C22H22N2O3S. The maximum Gasteiger partial charge on any atom is 0.410 e. The Labute approximate surface area is 168 Å². The number of aromatic nitrogens is 1. The first-order chi connectivity index (χ1) is 13.8. The standard InChI is InChI=1S/C22H22N2O3S/c1-26-17-13-18-21(19-15-9-5-6-10-16(15)23-20(17)19)24(22(25)27-18)11-12-28-14-7-3-2-4-8-14/h2-10,17-18,21,23H,11-13H2,1H3/t17-,18-,21-/m0/s1. The molecular weight excluding hydrogens is 372 g/mol. The van der Waals surface area contributed by atoms with E-state index in [9.17, 15) is 4.79 Å². The van der Waals surface area contributed by atoms with Gasteiger partial charge in [-0.05, 0) is 18.2 Å². The van der Waals surface area contributed by atoms with E-state index in [0.717, 1.165) is 27.9 Å². The molecule has 5 rings (SSSR count). The summed E-state index contributed by atoms with van der Waals surface area (Å²) in [6.45, 7) is 0.649. The average Bonchev–Trinajstić information content (AvgIpc) is 3.25. The van der Waals surface area contributed by atoms with Crippen LogP contribution >= 0.6 is 11.8 Å². The van der Waals surface area contributed by atoms with Crippen LogP contribution in [0.3, 0.4) is 0 Å². The van der Waals surface area contributed by atoms with Crippen LogP contribution in [-0.2, 0) is 9.47 Å². The van der Waals surface area contributed by atoms with Gasteiger partial charge in [-0.3, -0.25) is 4.90 Å². The van der Waals surface area contributed by atoms with Crippen molar-refractivity contribution in [2.75, 3.05) is 19.4 Å². The molecule has 3 aromatic rings. The van der Waals surface area contributed by atoms with Crippen LogP contribution in [0.25, 0.3) is 10.9 Å². The Morgan fingerprint density at radius 2 is 1.96 bits per heavy atom. The number of aromatic amines is 1. The number of rotatable bonds is 5. The fourth-order valence-electron chi connectivity index (χ4n) is 4.40. The zero-order valence-electron chi connectivity index (χ0n) is 15.6. The van der Waals surface area contributed by atoms with Gasteiger partial charge in [0.05, 0.1) is 11.7 Å². The first-order valence-electron chi connectivity index (χ1n) is 9.54. The van der Waals surface area contributed by atoms with Crippen LogP contribution in [-0.4, -0.2) is 41.5 Å². The molecule has 2 heterocycles. The van der Waals surface area contributed by atoms with E-state index < -0.39 is 0 Å². The van der Waals surface area contributed by atoms with Gasteiger partial charge in [-0.2, -0.15) is 0 Å². The molecule has 1 saturated heterocycles. The lowest BCUT2D eigenvalue weighted by atomic mass is 9.86. The van der Waals surface area contributed by atoms with Gasteiger partial charge in [0.1, 0.15) is 12.2 Å². The molecule has 144 valence electrons. The SMILES string of the molecule is CO[C@H]1C[C@@H]2OC(=O)N(CCSc3ccccc3)[C@@H]2c2c1[nH]c1ccccc21. The van der Waals surface area contributed by atoms with E-state index >= 15 is 0 Å². The van der Waals surface area contributed by atoms with Crippen LogP contribution in [0.2, 0.25) is 0 Å². The van der Waals surface area contributed by atoms with Gasteiger partial charge in [0.15, 0.2) is 0 Å². The van der Waals surface area contributed by atoms with Crippen LogP contribution in [0.4, 0.5) is 4.79 Å². The van der Waals surface area contributed by atoms with Crippen molar-refractivity contribution in [1.82, 2.24) is 9.88 Å². The fourth-order valence-corrected chi connectivity index (χ4v) is 5.28.